The molecular weight excluding hydrogens is 1480 g/mol. The second kappa shape index (κ2) is 44.3. The number of anilines is 7. The van der Waals surface area contributed by atoms with E-state index in [1.54, 1.807) is 25.0 Å². The van der Waals surface area contributed by atoms with Gasteiger partial charge >= 0.3 is 0 Å². The van der Waals surface area contributed by atoms with E-state index in [4.69, 9.17) is 14.2 Å². The van der Waals surface area contributed by atoms with Gasteiger partial charge in [-0.1, -0.05) is 103 Å². The highest BCUT2D eigenvalue weighted by Gasteiger charge is 2.22. The van der Waals surface area contributed by atoms with Gasteiger partial charge in [-0.05, 0) is 303 Å². The molecule has 0 amide bonds. The van der Waals surface area contributed by atoms with Crippen molar-refractivity contribution in [3.63, 3.8) is 0 Å². The van der Waals surface area contributed by atoms with Gasteiger partial charge in [-0.2, -0.15) is 0 Å². The Morgan fingerprint density at radius 1 is 0.316 bits per heavy atom. The lowest BCUT2D eigenvalue weighted by Crippen LogP contribution is -2.19. The van der Waals surface area contributed by atoms with Gasteiger partial charge in [0.2, 0.25) is 0 Å². The fourth-order valence-corrected chi connectivity index (χ4v) is 15.2. The zero-order valence-electron chi connectivity index (χ0n) is 75.7. The Balaban J connectivity index is 0.000000170. The van der Waals surface area contributed by atoms with E-state index in [1.165, 1.54) is 81.7 Å². The van der Waals surface area contributed by atoms with Crippen LogP contribution in [0.2, 0.25) is 0 Å². The monoisotopic (exact) mass is 1620 g/mol. The first kappa shape index (κ1) is 93.0. The van der Waals surface area contributed by atoms with Crippen LogP contribution in [0.25, 0.3) is 53.0 Å². The van der Waals surface area contributed by atoms with Crippen molar-refractivity contribution in [1.29, 1.82) is 0 Å². The number of hydrogen-bond acceptors (Lipinski definition) is 18. The molecule has 0 fully saturated rings. The minimum Gasteiger partial charge on any atom is -0.491 e. The van der Waals surface area contributed by atoms with Crippen LogP contribution in [-0.2, 0) is 6.42 Å². The summed E-state index contributed by atoms with van der Waals surface area (Å²) in [5.74, 6) is 6.52. The average Bonchev–Trinajstić information content (AvgIpc) is 1.39. The summed E-state index contributed by atoms with van der Waals surface area (Å²) in [5.41, 5.74) is 22.8. The summed E-state index contributed by atoms with van der Waals surface area (Å²) in [6.45, 7) is 63.2. The van der Waals surface area contributed by atoms with Crippen LogP contribution in [-0.4, -0.2) is 92.0 Å². The Hall–Kier alpha value is -9.52. The largest absolute Gasteiger partial charge is 0.491 e. The number of nitrogens with one attached hydrogen (secondary N) is 7. The average molecular weight is 1620 g/mol. The number of nitrogens with zero attached hydrogens (tertiary/aromatic N) is 6. The highest BCUT2D eigenvalue weighted by molar-refractivity contribution is 7.18. The molecule has 7 heterocycles. The van der Waals surface area contributed by atoms with Gasteiger partial charge in [0.15, 0.2) is 11.5 Å². The smallest absolute Gasteiger partial charge is 0.184 e. The predicted octanol–water partition coefficient (Wildman–Crippen LogP) is 27.8. The van der Waals surface area contributed by atoms with Crippen LogP contribution in [0.5, 0.6) is 17.2 Å². The molecule has 0 saturated carbocycles. The molecule has 2 aliphatic heterocycles. The van der Waals surface area contributed by atoms with Gasteiger partial charge in [0.05, 0.1) is 56.3 Å². The van der Waals surface area contributed by atoms with Crippen molar-refractivity contribution in [2.45, 2.75) is 290 Å². The summed E-state index contributed by atoms with van der Waals surface area (Å²) in [5, 5.41) is 33.6. The van der Waals surface area contributed by atoms with E-state index < -0.39 is 0 Å². The number of benzene rings is 7. The van der Waals surface area contributed by atoms with Crippen LogP contribution in [0.3, 0.4) is 0 Å². The molecule has 0 bridgehead atoms. The van der Waals surface area contributed by atoms with Gasteiger partial charge in [-0.15, -0.1) is 22.7 Å². The maximum absolute atomic E-state index is 5.83. The molecule has 0 spiro atoms. The lowest BCUT2D eigenvalue weighted by Gasteiger charge is -2.24. The highest BCUT2D eigenvalue weighted by Crippen LogP contribution is 2.43. The van der Waals surface area contributed by atoms with Gasteiger partial charge < -0.3 is 51.4 Å². The minimum atomic E-state index is 0.382. The standard InChI is InChI=1S/C15H23NO.3C14H19N3.C14H21NO2.2C14H19NS/c1-10(2)13-8-12-6-5-7-17-15(12)14(9-13)16-11(3)4;1-9(2)11-5-13-12(7-15-8-16-13)14(6-11)17-10(3)4;1-9(2)11-5-12-7-15-8-16-14(12)13(6-11)17-10(3)4;1-9(2)11-7-12-14(16-6-5-15-12)13(8-11)17-10(3)4;1-9(2)11-7-12(15-10(3)4)14-13(8-11)16-5-6-17-14;1-9(2)11-7-13(15-10(3)4)12-5-6-16-14(12)8-11;1-9(2)12-7-11-5-6-16-14(11)13(8-12)15-10(3)4/h8-11,16H,5-7H2,1-4H3;3*5-10,17H,1-4H3;7-10,15H,5-6H2,1-4H3;2*5-10,15H,1-4H3. The number of rotatable bonds is 21. The number of ether oxygens (including phenoxy) is 3. The van der Waals surface area contributed by atoms with Gasteiger partial charge in [-0.3, -0.25) is 9.97 Å². The SMILES string of the molecule is CC(C)Nc1cc(C(C)C)cc2c1OCCC2.CC(C)Nc1cc(C(C)C)cc2c1OCCO2.CC(C)Nc1cc(C(C)C)cc2ccsc12.CC(C)Nc1cc(C(C)C)cc2cncnc12.CC(C)Nc1cc(C(C)C)cc2nccnc12.CC(C)Nc1cc(C(C)C)cc2ncncc12.CC(C)Nc1cc(C(C)C)cc2sccc12. The first-order valence-corrected chi connectivity index (χ1v) is 44.6. The normalized spacial score (nSPS) is 12.4. The van der Waals surface area contributed by atoms with Gasteiger partial charge in [-0.25, -0.2) is 19.9 Å². The fourth-order valence-electron chi connectivity index (χ4n) is 13.5. The molecular formula is C99H139N13O3S2. The lowest BCUT2D eigenvalue weighted by atomic mass is 9.95. The molecule has 0 radical (unpaired) electrons. The number of aromatic nitrogens is 6. The first-order valence-electron chi connectivity index (χ1n) is 42.9. The third-order valence-electron chi connectivity index (χ3n) is 19.5. The third-order valence-corrected chi connectivity index (χ3v) is 21.3. The van der Waals surface area contributed by atoms with E-state index in [0.29, 0.717) is 96.9 Å². The van der Waals surface area contributed by atoms with Crippen molar-refractivity contribution in [3.8, 4) is 17.2 Å². The zero-order valence-corrected chi connectivity index (χ0v) is 77.3. The summed E-state index contributed by atoms with van der Waals surface area (Å²) < 4.78 is 20.0. The molecule has 5 aromatic heterocycles. The minimum absolute atomic E-state index is 0.382. The van der Waals surface area contributed by atoms with E-state index in [0.717, 1.165) is 92.3 Å². The van der Waals surface area contributed by atoms with Crippen LogP contribution >= 0.6 is 22.7 Å². The number of thiophene rings is 2. The summed E-state index contributed by atoms with van der Waals surface area (Å²) in [6, 6.07) is 38.4. The quantitative estimate of drug-likeness (QED) is 0.0359. The summed E-state index contributed by atoms with van der Waals surface area (Å²) >= 11 is 3.63. The maximum Gasteiger partial charge on any atom is 0.184 e. The van der Waals surface area contributed by atoms with Crippen molar-refractivity contribution in [2.24, 2.45) is 0 Å². The molecule has 0 saturated heterocycles. The maximum atomic E-state index is 5.83. The first-order chi connectivity index (χ1) is 55.5. The Labute approximate surface area is 709 Å². The second-order valence-corrected chi connectivity index (χ2v) is 37.0. The van der Waals surface area contributed by atoms with E-state index in [-0.39, 0.29) is 0 Å². The number of aryl methyl sites for hydroxylation is 1. The Morgan fingerprint density at radius 2 is 0.726 bits per heavy atom. The van der Waals surface area contributed by atoms with Crippen molar-refractivity contribution in [2.75, 3.05) is 57.0 Å². The van der Waals surface area contributed by atoms with E-state index >= 15 is 0 Å². The van der Waals surface area contributed by atoms with E-state index in [9.17, 15) is 0 Å². The molecule has 14 rings (SSSR count). The molecule has 630 valence electrons. The van der Waals surface area contributed by atoms with Crippen molar-refractivity contribution >= 4 is 115 Å². The van der Waals surface area contributed by atoms with Crippen LogP contribution < -0.4 is 51.4 Å². The second-order valence-electron chi connectivity index (χ2n) is 35.1. The molecule has 7 N–H and O–H groups in total. The van der Waals surface area contributed by atoms with Gasteiger partial charge in [0.25, 0.3) is 0 Å². The molecule has 7 aromatic carbocycles. The molecule has 2 aliphatic rings. The summed E-state index contributed by atoms with van der Waals surface area (Å²) in [6.07, 6.45) is 12.7. The molecule has 117 heavy (non-hydrogen) atoms. The highest BCUT2D eigenvalue weighted by atomic mass is 32.1. The number of hydrogen-bond donors (Lipinski definition) is 7. The predicted molar refractivity (Wildman–Crippen MR) is 510 cm³/mol. The summed E-state index contributed by atoms with van der Waals surface area (Å²) in [7, 11) is 0. The molecule has 0 aliphatic carbocycles. The molecule has 0 atom stereocenters. The third kappa shape index (κ3) is 27.5. The van der Waals surface area contributed by atoms with E-state index in [1.807, 2.05) is 35.1 Å². The summed E-state index contributed by atoms with van der Waals surface area (Å²) in [4.78, 5) is 25.7. The van der Waals surface area contributed by atoms with Crippen molar-refractivity contribution in [1.82, 2.24) is 29.9 Å². The molecule has 16 nitrogen and oxygen atoms in total. The fraction of sp³-hybridized carbons (Fsp3) is 0.475. The Bertz CT molecular complexity index is 4690. The Kier molecular flexibility index (Phi) is 35.2. The van der Waals surface area contributed by atoms with Crippen LogP contribution in [0, 0.1) is 0 Å². The van der Waals surface area contributed by atoms with Crippen LogP contribution in [0.1, 0.15) is 286 Å². The van der Waals surface area contributed by atoms with E-state index in [2.05, 4.69) is 369 Å². The van der Waals surface area contributed by atoms with Gasteiger partial charge in [0.1, 0.15) is 37.1 Å². The van der Waals surface area contributed by atoms with Crippen molar-refractivity contribution in [3.05, 3.63) is 190 Å². The Morgan fingerprint density at radius 3 is 1.30 bits per heavy atom. The van der Waals surface area contributed by atoms with Crippen LogP contribution in [0.15, 0.2) is 145 Å². The molecule has 12 aromatic rings. The lowest BCUT2D eigenvalue weighted by molar-refractivity contribution is 0.172. The van der Waals surface area contributed by atoms with Gasteiger partial charge in [0, 0.05) is 99.3 Å². The molecule has 0 unspecified atom stereocenters. The zero-order chi connectivity index (χ0) is 85.5. The molecule has 18 heteroatoms. The topological polar surface area (TPSA) is 189 Å². The number of fused-ring (bicyclic) bond motifs is 7. The van der Waals surface area contributed by atoms with Crippen LogP contribution in [0.4, 0.5) is 39.8 Å². The van der Waals surface area contributed by atoms with Crippen molar-refractivity contribution < 1.29 is 14.2 Å².